The highest BCUT2D eigenvalue weighted by Gasteiger charge is 2.04. The zero-order valence-electron chi connectivity index (χ0n) is 11.1. The highest BCUT2D eigenvalue weighted by molar-refractivity contribution is 5.93. The molecule has 104 valence electrons. The Morgan fingerprint density at radius 3 is 2.84 bits per heavy atom. The smallest absolute Gasteiger partial charge is 0.225 e. The lowest BCUT2D eigenvalue weighted by molar-refractivity contribution is -0.116. The molecule has 0 saturated heterocycles. The van der Waals surface area contributed by atoms with Crippen LogP contribution in [0.5, 0.6) is 0 Å². The number of nitrogens with two attached hydrogens (primary N) is 1. The molecule has 1 heterocycles. The molecule has 0 spiro atoms. The van der Waals surface area contributed by atoms with Gasteiger partial charge in [-0.25, -0.2) is 0 Å². The maximum absolute atomic E-state index is 11.5. The monoisotopic (exact) mass is 281 g/mol. The van der Waals surface area contributed by atoms with Gasteiger partial charge in [-0.3, -0.25) is 4.79 Å². The molecule has 1 aromatic carbocycles. The Kier molecular flexibility index (Phi) is 5.86. The number of carbonyl (C=O) groups is 1. The standard InChI is InChI=1S/C14H19N3O.ClH/c1-2-8-17-9-6-11-3-4-12(10-13(11)17)16-14(18)5-7-15;/h3-4,6,9-10H,2,5,7-8,15H2,1H3,(H,16,18);1H. The average molecular weight is 282 g/mol. The summed E-state index contributed by atoms with van der Waals surface area (Å²) in [6.07, 6.45) is 3.53. The number of hydrogen-bond acceptors (Lipinski definition) is 2. The van der Waals surface area contributed by atoms with Crippen LogP contribution in [0.4, 0.5) is 5.69 Å². The second kappa shape index (κ2) is 7.16. The van der Waals surface area contributed by atoms with Crippen LogP contribution in [0.2, 0.25) is 0 Å². The number of amides is 1. The fourth-order valence-corrected chi connectivity index (χ4v) is 2.05. The zero-order chi connectivity index (χ0) is 13.0. The lowest BCUT2D eigenvalue weighted by Gasteiger charge is -2.07. The molecule has 0 unspecified atom stereocenters. The van der Waals surface area contributed by atoms with Gasteiger partial charge in [0, 0.05) is 31.4 Å². The predicted octanol–water partition coefficient (Wildman–Crippen LogP) is 2.76. The first-order valence-electron chi connectivity index (χ1n) is 6.33. The van der Waals surface area contributed by atoms with E-state index in [4.69, 9.17) is 5.73 Å². The van der Waals surface area contributed by atoms with Gasteiger partial charge in [-0.2, -0.15) is 0 Å². The average Bonchev–Trinajstić information content (AvgIpc) is 2.73. The molecule has 1 amide bonds. The molecule has 5 heteroatoms. The zero-order valence-corrected chi connectivity index (χ0v) is 11.9. The quantitative estimate of drug-likeness (QED) is 0.885. The topological polar surface area (TPSA) is 60.0 Å². The van der Waals surface area contributed by atoms with Gasteiger partial charge in [0.15, 0.2) is 0 Å². The van der Waals surface area contributed by atoms with Crippen LogP contribution in [0.3, 0.4) is 0 Å². The minimum Gasteiger partial charge on any atom is -0.347 e. The number of rotatable bonds is 5. The molecule has 0 bridgehead atoms. The summed E-state index contributed by atoms with van der Waals surface area (Å²) in [6, 6.07) is 8.06. The Hall–Kier alpha value is -1.52. The molecular formula is C14H20ClN3O. The Morgan fingerprint density at radius 2 is 2.16 bits per heavy atom. The van der Waals surface area contributed by atoms with E-state index in [1.54, 1.807) is 0 Å². The van der Waals surface area contributed by atoms with Crippen molar-refractivity contribution in [3.8, 4) is 0 Å². The fourth-order valence-electron chi connectivity index (χ4n) is 2.05. The number of anilines is 1. The maximum Gasteiger partial charge on any atom is 0.225 e. The number of hydrogen-bond donors (Lipinski definition) is 2. The molecule has 1 aromatic heterocycles. The van der Waals surface area contributed by atoms with Crippen LogP contribution in [0.25, 0.3) is 10.9 Å². The number of nitrogens with zero attached hydrogens (tertiary/aromatic N) is 1. The van der Waals surface area contributed by atoms with Crippen molar-refractivity contribution in [3.05, 3.63) is 30.5 Å². The van der Waals surface area contributed by atoms with E-state index >= 15 is 0 Å². The van der Waals surface area contributed by atoms with Crippen molar-refractivity contribution in [1.82, 2.24) is 4.57 Å². The number of nitrogens with one attached hydrogen (secondary N) is 1. The minimum absolute atomic E-state index is 0. The van der Waals surface area contributed by atoms with Crippen molar-refractivity contribution in [1.29, 1.82) is 0 Å². The summed E-state index contributed by atoms with van der Waals surface area (Å²) in [5.74, 6) is -0.0366. The van der Waals surface area contributed by atoms with Gasteiger partial charge >= 0.3 is 0 Å². The highest BCUT2D eigenvalue weighted by Crippen LogP contribution is 2.21. The number of aryl methyl sites for hydroxylation is 1. The number of fused-ring (bicyclic) bond motifs is 1. The van der Waals surface area contributed by atoms with E-state index in [2.05, 4.69) is 29.1 Å². The van der Waals surface area contributed by atoms with Gasteiger partial charge in [-0.15, -0.1) is 12.4 Å². The van der Waals surface area contributed by atoms with Gasteiger partial charge in [-0.1, -0.05) is 13.0 Å². The van der Waals surface area contributed by atoms with E-state index < -0.39 is 0 Å². The second-order valence-corrected chi connectivity index (χ2v) is 4.37. The molecule has 3 N–H and O–H groups in total. The van der Waals surface area contributed by atoms with Crippen molar-refractivity contribution in [2.45, 2.75) is 26.3 Å². The predicted molar refractivity (Wildman–Crippen MR) is 81.8 cm³/mol. The molecule has 2 rings (SSSR count). The van der Waals surface area contributed by atoms with Gasteiger partial charge in [0.25, 0.3) is 0 Å². The van der Waals surface area contributed by atoms with Crippen molar-refractivity contribution < 1.29 is 4.79 Å². The van der Waals surface area contributed by atoms with Crippen LogP contribution in [-0.4, -0.2) is 17.0 Å². The van der Waals surface area contributed by atoms with E-state index in [1.807, 2.05) is 18.2 Å². The molecule has 0 aliphatic heterocycles. The van der Waals surface area contributed by atoms with Crippen molar-refractivity contribution >= 4 is 34.9 Å². The van der Waals surface area contributed by atoms with E-state index in [0.717, 1.165) is 24.2 Å². The number of carbonyl (C=O) groups excluding carboxylic acids is 1. The minimum atomic E-state index is -0.0366. The lowest BCUT2D eigenvalue weighted by atomic mass is 10.2. The maximum atomic E-state index is 11.5. The molecule has 0 saturated carbocycles. The first-order valence-corrected chi connectivity index (χ1v) is 6.33. The summed E-state index contributed by atoms with van der Waals surface area (Å²) in [5, 5.41) is 4.06. The highest BCUT2D eigenvalue weighted by atomic mass is 35.5. The SMILES string of the molecule is CCCn1ccc2ccc(NC(=O)CCN)cc21.Cl. The van der Waals surface area contributed by atoms with Crippen LogP contribution in [0.1, 0.15) is 19.8 Å². The van der Waals surface area contributed by atoms with Crippen LogP contribution < -0.4 is 11.1 Å². The fraction of sp³-hybridized carbons (Fsp3) is 0.357. The van der Waals surface area contributed by atoms with E-state index in [1.165, 1.54) is 5.39 Å². The Labute approximate surface area is 119 Å². The Balaban J connectivity index is 0.00000180. The molecule has 19 heavy (non-hydrogen) atoms. The summed E-state index contributed by atoms with van der Waals surface area (Å²) in [4.78, 5) is 11.5. The van der Waals surface area contributed by atoms with Gasteiger partial charge in [0.05, 0.1) is 5.52 Å². The van der Waals surface area contributed by atoms with E-state index in [-0.39, 0.29) is 18.3 Å². The summed E-state index contributed by atoms with van der Waals surface area (Å²) in [5.41, 5.74) is 7.34. The first-order chi connectivity index (χ1) is 8.74. The molecule has 0 fully saturated rings. The molecule has 4 nitrogen and oxygen atoms in total. The third-order valence-corrected chi connectivity index (χ3v) is 2.89. The second-order valence-electron chi connectivity index (χ2n) is 4.37. The Bertz CT molecular complexity index is 551. The molecule has 0 aliphatic rings. The number of halogens is 1. The largest absolute Gasteiger partial charge is 0.347 e. The normalized spacial score (nSPS) is 10.2. The van der Waals surface area contributed by atoms with E-state index in [9.17, 15) is 4.79 Å². The molecule has 0 aliphatic carbocycles. The van der Waals surface area contributed by atoms with Crippen molar-refractivity contribution in [2.75, 3.05) is 11.9 Å². The van der Waals surface area contributed by atoms with Gasteiger partial charge in [0.2, 0.25) is 5.91 Å². The summed E-state index contributed by atoms with van der Waals surface area (Å²) in [6.45, 7) is 3.52. The lowest BCUT2D eigenvalue weighted by Crippen LogP contribution is -2.16. The molecule has 0 atom stereocenters. The molecule has 0 radical (unpaired) electrons. The van der Waals surface area contributed by atoms with Crippen molar-refractivity contribution in [2.24, 2.45) is 5.73 Å². The third-order valence-electron chi connectivity index (χ3n) is 2.89. The summed E-state index contributed by atoms with van der Waals surface area (Å²) in [7, 11) is 0. The van der Waals surface area contributed by atoms with Crippen LogP contribution in [-0.2, 0) is 11.3 Å². The van der Waals surface area contributed by atoms with Gasteiger partial charge < -0.3 is 15.6 Å². The molecular weight excluding hydrogens is 262 g/mol. The van der Waals surface area contributed by atoms with Crippen LogP contribution >= 0.6 is 12.4 Å². The number of benzene rings is 1. The Morgan fingerprint density at radius 1 is 1.37 bits per heavy atom. The van der Waals surface area contributed by atoms with E-state index in [0.29, 0.717) is 13.0 Å². The summed E-state index contributed by atoms with van der Waals surface area (Å²) >= 11 is 0. The third kappa shape index (κ3) is 3.72. The van der Waals surface area contributed by atoms with Crippen LogP contribution in [0.15, 0.2) is 30.5 Å². The van der Waals surface area contributed by atoms with Gasteiger partial charge in [0.1, 0.15) is 0 Å². The first kappa shape index (κ1) is 15.5. The number of aromatic nitrogens is 1. The van der Waals surface area contributed by atoms with Crippen molar-refractivity contribution in [3.63, 3.8) is 0 Å². The summed E-state index contributed by atoms with van der Waals surface area (Å²) < 4.78 is 2.20. The molecule has 2 aromatic rings. The van der Waals surface area contributed by atoms with Gasteiger partial charge in [-0.05, 0) is 30.0 Å². The van der Waals surface area contributed by atoms with Crippen LogP contribution in [0, 0.1) is 0 Å².